The molecule has 1 atom stereocenters. The molecule has 2 aromatic rings. The summed E-state index contributed by atoms with van der Waals surface area (Å²) in [5.41, 5.74) is 2.28. The third-order valence-corrected chi connectivity index (χ3v) is 5.76. The molecule has 0 aliphatic carbocycles. The van der Waals surface area contributed by atoms with E-state index in [-0.39, 0.29) is 11.2 Å². The number of amides is 1. The summed E-state index contributed by atoms with van der Waals surface area (Å²) in [6.45, 7) is 4.11. The first-order valence-corrected chi connectivity index (χ1v) is 8.76. The van der Waals surface area contributed by atoms with Gasteiger partial charge in [-0.25, -0.2) is 4.98 Å². The summed E-state index contributed by atoms with van der Waals surface area (Å²) < 4.78 is 0. The molecule has 21 heavy (non-hydrogen) atoms. The molecule has 3 nitrogen and oxygen atoms in total. The van der Waals surface area contributed by atoms with Crippen LogP contribution in [0.2, 0.25) is 0 Å². The Kier molecular flexibility index (Phi) is 5.82. The standard InChI is InChI=1S/C16H20N2OS2/c1-11-12(2)21-15(18-11)10-20-14(16(19)17-3)9-13-7-5-4-6-8-13/h4-8,14H,9-10H2,1-3H3,(H,17,19)/t14-/m0/s1. The molecule has 0 saturated carbocycles. The molecule has 0 aliphatic heterocycles. The predicted molar refractivity (Wildman–Crippen MR) is 90.9 cm³/mol. The van der Waals surface area contributed by atoms with Gasteiger partial charge in [0.1, 0.15) is 5.01 Å². The fraction of sp³-hybridized carbons (Fsp3) is 0.375. The molecular formula is C16H20N2OS2. The van der Waals surface area contributed by atoms with Crippen LogP contribution in [-0.4, -0.2) is 23.2 Å². The van der Waals surface area contributed by atoms with Crippen molar-refractivity contribution in [2.45, 2.75) is 31.3 Å². The van der Waals surface area contributed by atoms with Gasteiger partial charge in [0.15, 0.2) is 0 Å². The van der Waals surface area contributed by atoms with Crippen molar-refractivity contribution >= 4 is 29.0 Å². The first kappa shape index (κ1) is 16.0. The number of benzene rings is 1. The van der Waals surface area contributed by atoms with Crippen LogP contribution in [0.15, 0.2) is 30.3 Å². The van der Waals surface area contributed by atoms with Crippen molar-refractivity contribution in [3.05, 3.63) is 51.5 Å². The lowest BCUT2D eigenvalue weighted by Gasteiger charge is -2.14. The number of rotatable bonds is 6. The van der Waals surface area contributed by atoms with Gasteiger partial charge in [-0.2, -0.15) is 0 Å². The molecule has 0 saturated heterocycles. The van der Waals surface area contributed by atoms with E-state index in [9.17, 15) is 4.79 Å². The largest absolute Gasteiger partial charge is 0.358 e. The van der Waals surface area contributed by atoms with Crippen molar-refractivity contribution in [3.63, 3.8) is 0 Å². The number of carbonyl (C=O) groups is 1. The number of aromatic nitrogens is 1. The maximum Gasteiger partial charge on any atom is 0.233 e. The van der Waals surface area contributed by atoms with Crippen molar-refractivity contribution < 1.29 is 4.79 Å². The summed E-state index contributed by atoms with van der Waals surface area (Å²) in [6.07, 6.45) is 0.745. The van der Waals surface area contributed by atoms with E-state index in [1.807, 2.05) is 25.1 Å². The van der Waals surface area contributed by atoms with Crippen molar-refractivity contribution in [2.75, 3.05) is 7.05 Å². The molecule has 0 radical (unpaired) electrons. The fourth-order valence-electron chi connectivity index (χ4n) is 1.99. The maximum atomic E-state index is 12.1. The number of nitrogens with zero attached hydrogens (tertiary/aromatic N) is 1. The Morgan fingerprint density at radius 1 is 1.33 bits per heavy atom. The first-order valence-electron chi connectivity index (χ1n) is 6.90. The summed E-state index contributed by atoms with van der Waals surface area (Å²) in [5, 5.41) is 3.77. The zero-order valence-corrected chi connectivity index (χ0v) is 14.2. The minimum absolute atomic E-state index is 0.0776. The highest BCUT2D eigenvalue weighted by molar-refractivity contribution is 7.99. The van der Waals surface area contributed by atoms with E-state index >= 15 is 0 Å². The normalized spacial score (nSPS) is 12.1. The smallest absolute Gasteiger partial charge is 0.233 e. The number of thioether (sulfide) groups is 1. The molecule has 0 bridgehead atoms. The van der Waals surface area contributed by atoms with Crippen LogP contribution in [0, 0.1) is 13.8 Å². The van der Waals surface area contributed by atoms with E-state index in [1.54, 1.807) is 30.1 Å². The third kappa shape index (κ3) is 4.58. The first-order chi connectivity index (χ1) is 10.1. The molecule has 1 N–H and O–H groups in total. The number of hydrogen-bond donors (Lipinski definition) is 1. The molecule has 1 aromatic carbocycles. The minimum atomic E-state index is -0.0816. The van der Waals surface area contributed by atoms with Crippen molar-refractivity contribution in [1.29, 1.82) is 0 Å². The number of thiazole rings is 1. The number of hydrogen-bond acceptors (Lipinski definition) is 4. The molecular weight excluding hydrogens is 300 g/mol. The minimum Gasteiger partial charge on any atom is -0.358 e. The maximum absolute atomic E-state index is 12.1. The van der Waals surface area contributed by atoms with E-state index in [1.165, 1.54) is 10.4 Å². The van der Waals surface area contributed by atoms with E-state index in [0.29, 0.717) is 0 Å². The van der Waals surface area contributed by atoms with E-state index < -0.39 is 0 Å². The lowest BCUT2D eigenvalue weighted by Crippen LogP contribution is -2.31. The average molecular weight is 320 g/mol. The Hall–Kier alpha value is -1.33. The van der Waals surface area contributed by atoms with Gasteiger partial charge in [0.2, 0.25) is 5.91 Å². The van der Waals surface area contributed by atoms with E-state index in [4.69, 9.17) is 0 Å². The van der Waals surface area contributed by atoms with Crippen LogP contribution in [0.3, 0.4) is 0 Å². The second-order valence-corrected chi connectivity index (χ2v) is 7.33. The summed E-state index contributed by atoms with van der Waals surface area (Å²) in [6, 6.07) is 10.1. The quantitative estimate of drug-likeness (QED) is 0.887. The molecule has 5 heteroatoms. The molecule has 112 valence electrons. The molecule has 0 aliphatic rings. The van der Waals surface area contributed by atoms with Gasteiger partial charge < -0.3 is 5.32 Å². The monoisotopic (exact) mass is 320 g/mol. The highest BCUT2D eigenvalue weighted by Gasteiger charge is 2.19. The van der Waals surface area contributed by atoms with Crippen LogP contribution >= 0.6 is 23.1 Å². The van der Waals surface area contributed by atoms with Crippen LogP contribution in [0.25, 0.3) is 0 Å². The zero-order chi connectivity index (χ0) is 15.2. The van der Waals surface area contributed by atoms with Crippen LogP contribution in [0.1, 0.15) is 21.1 Å². The van der Waals surface area contributed by atoms with Gasteiger partial charge in [0.25, 0.3) is 0 Å². The summed E-state index contributed by atoms with van der Waals surface area (Å²) in [5.74, 6) is 0.860. The van der Waals surface area contributed by atoms with Gasteiger partial charge in [0, 0.05) is 17.7 Å². The van der Waals surface area contributed by atoms with Crippen LogP contribution in [0.5, 0.6) is 0 Å². The topological polar surface area (TPSA) is 42.0 Å². The molecule has 1 aromatic heterocycles. The lowest BCUT2D eigenvalue weighted by atomic mass is 10.1. The van der Waals surface area contributed by atoms with Crippen LogP contribution < -0.4 is 5.32 Å². The molecule has 0 spiro atoms. The second-order valence-electron chi connectivity index (χ2n) is 4.85. The molecule has 0 unspecified atom stereocenters. The number of aryl methyl sites for hydroxylation is 2. The van der Waals surface area contributed by atoms with Crippen molar-refractivity contribution in [2.24, 2.45) is 0 Å². The number of carbonyl (C=O) groups excluding carboxylic acids is 1. The molecule has 1 amide bonds. The second kappa shape index (κ2) is 7.61. The highest BCUT2D eigenvalue weighted by Crippen LogP contribution is 2.25. The third-order valence-electron chi connectivity index (χ3n) is 3.28. The van der Waals surface area contributed by atoms with Crippen molar-refractivity contribution in [3.8, 4) is 0 Å². The van der Waals surface area contributed by atoms with Crippen LogP contribution in [-0.2, 0) is 17.0 Å². The fourth-order valence-corrected chi connectivity index (χ4v) is 4.15. The van der Waals surface area contributed by atoms with Gasteiger partial charge in [-0.1, -0.05) is 30.3 Å². The highest BCUT2D eigenvalue weighted by atomic mass is 32.2. The van der Waals surface area contributed by atoms with Gasteiger partial charge in [0.05, 0.1) is 10.9 Å². The lowest BCUT2D eigenvalue weighted by molar-refractivity contribution is -0.120. The molecule has 2 rings (SSSR count). The van der Waals surface area contributed by atoms with Gasteiger partial charge in [-0.3, -0.25) is 4.79 Å². The SMILES string of the molecule is CNC(=O)[C@H](Cc1ccccc1)SCc1nc(C)c(C)s1. The Labute approximate surface area is 134 Å². The van der Waals surface area contributed by atoms with E-state index in [2.05, 4.69) is 29.4 Å². The van der Waals surface area contributed by atoms with Gasteiger partial charge >= 0.3 is 0 Å². The van der Waals surface area contributed by atoms with Crippen molar-refractivity contribution in [1.82, 2.24) is 10.3 Å². The Morgan fingerprint density at radius 3 is 2.62 bits per heavy atom. The average Bonchev–Trinajstić information content (AvgIpc) is 2.82. The zero-order valence-electron chi connectivity index (χ0n) is 12.6. The summed E-state index contributed by atoms with van der Waals surface area (Å²) in [7, 11) is 1.69. The molecule has 0 fully saturated rings. The Balaban J connectivity index is 2.01. The predicted octanol–water partition coefficient (Wildman–Crippen LogP) is 3.35. The summed E-state index contributed by atoms with van der Waals surface area (Å²) >= 11 is 3.38. The number of nitrogens with one attached hydrogen (secondary N) is 1. The van der Waals surface area contributed by atoms with Crippen LogP contribution in [0.4, 0.5) is 0 Å². The Morgan fingerprint density at radius 2 is 2.05 bits per heavy atom. The summed E-state index contributed by atoms with van der Waals surface area (Å²) in [4.78, 5) is 17.9. The Bertz CT molecular complexity index is 576. The molecule has 1 heterocycles. The van der Waals surface area contributed by atoms with E-state index in [0.717, 1.165) is 22.9 Å². The van der Waals surface area contributed by atoms with Gasteiger partial charge in [-0.15, -0.1) is 23.1 Å². The van der Waals surface area contributed by atoms with Gasteiger partial charge in [-0.05, 0) is 25.8 Å².